The molecule has 0 aliphatic rings. The van der Waals surface area contributed by atoms with E-state index in [9.17, 15) is 26.7 Å². The van der Waals surface area contributed by atoms with Gasteiger partial charge >= 0.3 is 18.1 Å². The standard InChI is InChI=1S/C14H15F5O2/c1-2-3-4-5-6-7-8-9-12(20)21-11-10-13(15,16)14(17,18)19/h2-3,8-11H2,1H3. The minimum Gasteiger partial charge on any atom is -0.465 e. The number of carbonyl (C=O) groups is 1. The SMILES string of the molecule is CCCC#CC#CCCC(=O)OCCC(F)(F)C(F)(F)F. The molecule has 0 radical (unpaired) electrons. The first-order chi connectivity index (χ1) is 9.70. The summed E-state index contributed by atoms with van der Waals surface area (Å²) in [4.78, 5) is 11.1. The van der Waals surface area contributed by atoms with Gasteiger partial charge in [0.15, 0.2) is 0 Å². The first-order valence-corrected chi connectivity index (χ1v) is 6.26. The van der Waals surface area contributed by atoms with E-state index in [4.69, 9.17) is 0 Å². The van der Waals surface area contributed by atoms with Crippen LogP contribution >= 0.6 is 0 Å². The molecule has 0 aromatic carbocycles. The Morgan fingerprint density at radius 2 is 1.62 bits per heavy atom. The minimum atomic E-state index is -5.64. The maximum atomic E-state index is 12.5. The summed E-state index contributed by atoms with van der Waals surface area (Å²) in [5.74, 6) is 4.62. The molecule has 0 aromatic heterocycles. The van der Waals surface area contributed by atoms with Crippen LogP contribution < -0.4 is 0 Å². The minimum absolute atomic E-state index is 0.106. The molecule has 0 heterocycles. The van der Waals surface area contributed by atoms with Crippen LogP contribution in [0.15, 0.2) is 0 Å². The van der Waals surface area contributed by atoms with Crippen LogP contribution in [0.4, 0.5) is 22.0 Å². The maximum Gasteiger partial charge on any atom is 0.453 e. The third-order valence-electron chi connectivity index (χ3n) is 2.16. The molecule has 0 N–H and O–H groups in total. The fraction of sp³-hybridized carbons (Fsp3) is 0.643. The van der Waals surface area contributed by atoms with Crippen molar-refractivity contribution in [2.45, 2.75) is 51.1 Å². The summed E-state index contributed by atoms with van der Waals surface area (Å²) < 4.78 is 64.7. The van der Waals surface area contributed by atoms with E-state index in [1.165, 1.54) is 0 Å². The van der Waals surface area contributed by atoms with Crippen LogP contribution in [0.5, 0.6) is 0 Å². The van der Waals surface area contributed by atoms with Crippen molar-refractivity contribution in [1.29, 1.82) is 0 Å². The molecule has 0 fully saturated rings. The van der Waals surface area contributed by atoms with Gasteiger partial charge in [0.2, 0.25) is 0 Å². The molecule has 0 aliphatic heterocycles. The molecule has 0 bridgehead atoms. The average molecular weight is 310 g/mol. The second-order valence-corrected chi connectivity index (χ2v) is 4.03. The molecule has 0 aromatic rings. The first-order valence-electron chi connectivity index (χ1n) is 6.26. The third-order valence-corrected chi connectivity index (χ3v) is 2.16. The van der Waals surface area contributed by atoms with Crippen LogP contribution in [0.2, 0.25) is 0 Å². The van der Waals surface area contributed by atoms with E-state index in [0.717, 1.165) is 6.42 Å². The predicted molar refractivity (Wildman–Crippen MR) is 66.3 cm³/mol. The molecule has 7 heteroatoms. The van der Waals surface area contributed by atoms with Gasteiger partial charge in [-0.05, 0) is 18.3 Å². The molecule has 0 saturated heterocycles. The van der Waals surface area contributed by atoms with E-state index in [0.29, 0.717) is 6.42 Å². The molecular weight excluding hydrogens is 295 g/mol. The molecule has 0 saturated carbocycles. The Bertz CT molecular complexity index is 446. The molecular formula is C14H15F5O2. The Morgan fingerprint density at radius 1 is 1.05 bits per heavy atom. The Kier molecular flexibility index (Phi) is 8.45. The summed E-state index contributed by atoms with van der Waals surface area (Å²) in [6, 6.07) is 0. The van der Waals surface area contributed by atoms with Gasteiger partial charge in [-0.1, -0.05) is 18.8 Å². The first kappa shape index (κ1) is 19.2. The highest BCUT2D eigenvalue weighted by atomic mass is 19.4. The quantitative estimate of drug-likeness (QED) is 0.425. The van der Waals surface area contributed by atoms with Crippen LogP contribution in [0, 0.1) is 23.7 Å². The number of alkyl halides is 5. The second kappa shape index (κ2) is 9.23. The van der Waals surface area contributed by atoms with Crippen molar-refractivity contribution in [3.8, 4) is 23.7 Å². The predicted octanol–water partition coefficient (Wildman–Crippen LogP) is 3.70. The molecule has 0 amide bonds. The molecule has 0 atom stereocenters. The summed E-state index contributed by atoms with van der Waals surface area (Å²) in [7, 11) is 0. The largest absolute Gasteiger partial charge is 0.465 e. The monoisotopic (exact) mass is 310 g/mol. The number of unbranched alkanes of at least 4 members (excludes halogenated alkanes) is 1. The number of rotatable bonds is 6. The highest BCUT2D eigenvalue weighted by Gasteiger charge is 2.56. The Hall–Kier alpha value is -1.76. The van der Waals surface area contributed by atoms with Gasteiger partial charge in [0.1, 0.15) is 0 Å². The second-order valence-electron chi connectivity index (χ2n) is 4.03. The van der Waals surface area contributed by atoms with E-state index in [2.05, 4.69) is 28.4 Å². The van der Waals surface area contributed by atoms with Gasteiger partial charge in [-0.15, -0.1) is 0 Å². The smallest absolute Gasteiger partial charge is 0.453 e. The van der Waals surface area contributed by atoms with E-state index < -0.39 is 31.1 Å². The zero-order valence-electron chi connectivity index (χ0n) is 11.4. The van der Waals surface area contributed by atoms with Crippen molar-refractivity contribution in [2.75, 3.05) is 6.61 Å². The van der Waals surface area contributed by atoms with Gasteiger partial charge in [-0.25, -0.2) is 0 Å². The summed E-state index contributed by atoms with van der Waals surface area (Å²) >= 11 is 0. The van der Waals surface area contributed by atoms with Crippen LogP contribution in [-0.4, -0.2) is 24.7 Å². The van der Waals surface area contributed by atoms with E-state index >= 15 is 0 Å². The number of esters is 1. The molecule has 118 valence electrons. The van der Waals surface area contributed by atoms with Crippen molar-refractivity contribution in [3.63, 3.8) is 0 Å². The number of ether oxygens (including phenoxy) is 1. The molecule has 0 aliphatic carbocycles. The zero-order chi connectivity index (χ0) is 16.4. The molecule has 21 heavy (non-hydrogen) atoms. The van der Waals surface area contributed by atoms with Crippen molar-refractivity contribution in [3.05, 3.63) is 0 Å². The van der Waals surface area contributed by atoms with Crippen molar-refractivity contribution >= 4 is 5.97 Å². The highest BCUT2D eigenvalue weighted by molar-refractivity contribution is 5.69. The van der Waals surface area contributed by atoms with Crippen LogP contribution in [-0.2, 0) is 9.53 Å². The van der Waals surface area contributed by atoms with Crippen molar-refractivity contribution in [1.82, 2.24) is 0 Å². The fourth-order valence-corrected chi connectivity index (χ4v) is 1.01. The number of halogens is 5. The van der Waals surface area contributed by atoms with Crippen LogP contribution in [0.1, 0.15) is 39.0 Å². The lowest BCUT2D eigenvalue weighted by atomic mass is 10.2. The van der Waals surface area contributed by atoms with Crippen LogP contribution in [0.3, 0.4) is 0 Å². The number of hydrogen-bond acceptors (Lipinski definition) is 2. The molecule has 0 unspecified atom stereocenters. The maximum absolute atomic E-state index is 12.5. The summed E-state index contributed by atoms with van der Waals surface area (Å²) in [6.45, 7) is 0.968. The molecule has 2 nitrogen and oxygen atoms in total. The Morgan fingerprint density at radius 3 is 2.14 bits per heavy atom. The van der Waals surface area contributed by atoms with Gasteiger partial charge in [-0.2, -0.15) is 22.0 Å². The summed E-state index contributed by atoms with van der Waals surface area (Å²) in [5, 5.41) is 0. The number of carbonyl (C=O) groups excluding carboxylic acids is 1. The zero-order valence-corrected chi connectivity index (χ0v) is 11.4. The Balaban J connectivity index is 3.91. The lowest BCUT2D eigenvalue weighted by Gasteiger charge is -2.18. The van der Waals surface area contributed by atoms with E-state index in [1.807, 2.05) is 6.92 Å². The fourth-order valence-electron chi connectivity index (χ4n) is 1.01. The van der Waals surface area contributed by atoms with Gasteiger partial charge in [-0.3, -0.25) is 4.79 Å². The summed E-state index contributed by atoms with van der Waals surface area (Å²) in [5.41, 5.74) is 0. The normalized spacial score (nSPS) is 11.0. The molecule has 0 spiro atoms. The third kappa shape index (κ3) is 8.91. The van der Waals surface area contributed by atoms with Gasteiger partial charge in [0, 0.05) is 12.8 Å². The van der Waals surface area contributed by atoms with Crippen molar-refractivity contribution in [2.24, 2.45) is 0 Å². The van der Waals surface area contributed by atoms with Gasteiger partial charge in [0.25, 0.3) is 0 Å². The van der Waals surface area contributed by atoms with Crippen molar-refractivity contribution < 1.29 is 31.5 Å². The molecule has 0 rings (SSSR count). The van der Waals surface area contributed by atoms with E-state index in [-0.39, 0.29) is 12.8 Å². The van der Waals surface area contributed by atoms with E-state index in [1.54, 1.807) is 0 Å². The lowest BCUT2D eigenvalue weighted by molar-refractivity contribution is -0.286. The summed E-state index contributed by atoms with van der Waals surface area (Å²) in [6.07, 6.45) is -5.68. The Labute approximate surface area is 120 Å². The number of hydrogen-bond donors (Lipinski definition) is 0. The van der Waals surface area contributed by atoms with Crippen LogP contribution in [0.25, 0.3) is 0 Å². The topological polar surface area (TPSA) is 26.3 Å². The lowest BCUT2D eigenvalue weighted by Crippen LogP contribution is -2.37. The van der Waals surface area contributed by atoms with Gasteiger partial charge in [0.05, 0.1) is 19.4 Å². The van der Waals surface area contributed by atoms with Gasteiger partial charge < -0.3 is 4.74 Å². The highest BCUT2D eigenvalue weighted by Crippen LogP contribution is 2.37. The average Bonchev–Trinajstić information content (AvgIpc) is 2.36.